The largest absolute Gasteiger partial charge is 0.497 e. The van der Waals surface area contributed by atoms with E-state index in [1.165, 1.54) is 13.4 Å². The smallest absolute Gasteiger partial charge is 0.336 e. The summed E-state index contributed by atoms with van der Waals surface area (Å²) in [7, 11) is 1.39. The van der Waals surface area contributed by atoms with Crippen molar-refractivity contribution >= 4 is 5.97 Å². The molecule has 0 bridgehead atoms. The van der Waals surface area contributed by atoms with Crippen molar-refractivity contribution in [2.75, 3.05) is 20.2 Å². The normalized spacial score (nSPS) is 24.6. The van der Waals surface area contributed by atoms with Gasteiger partial charge in [0.2, 0.25) is 0 Å². The minimum absolute atomic E-state index is 0.151. The highest BCUT2D eigenvalue weighted by Crippen LogP contribution is 2.24. The van der Waals surface area contributed by atoms with E-state index in [0.29, 0.717) is 11.5 Å². The van der Waals surface area contributed by atoms with Gasteiger partial charge in [0.05, 0.1) is 25.0 Å². The van der Waals surface area contributed by atoms with Crippen LogP contribution in [0.5, 0.6) is 0 Å². The van der Waals surface area contributed by atoms with Crippen molar-refractivity contribution in [1.29, 1.82) is 0 Å². The Morgan fingerprint density at radius 2 is 2.44 bits per heavy atom. The van der Waals surface area contributed by atoms with Gasteiger partial charge in [-0.3, -0.25) is 0 Å². The van der Waals surface area contributed by atoms with Gasteiger partial charge in [-0.2, -0.15) is 0 Å². The molecule has 0 aromatic rings. The number of rotatable bonds is 5. The monoisotopic (exact) mass is 227 g/mol. The van der Waals surface area contributed by atoms with E-state index in [1.807, 2.05) is 6.92 Å². The number of hydrogen-bond acceptors (Lipinski definition) is 4. The van der Waals surface area contributed by atoms with Crippen LogP contribution in [0.15, 0.2) is 11.8 Å². The second-order valence-corrected chi connectivity index (χ2v) is 4.14. The first-order valence-corrected chi connectivity index (χ1v) is 5.82. The summed E-state index contributed by atoms with van der Waals surface area (Å²) in [5, 5.41) is 3.35. The van der Waals surface area contributed by atoms with Crippen LogP contribution in [0.2, 0.25) is 0 Å². The van der Waals surface area contributed by atoms with Crippen molar-refractivity contribution in [3.63, 3.8) is 0 Å². The molecule has 0 aliphatic carbocycles. The Bertz CT molecular complexity index is 263. The fourth-order valence-electron chi connectivity index (χ4n) is 1.76. The first kappa shape index (κ1) is 13.0. The summed E-state index contributed by atoms with van der Waals surface area (Å²) >= 11 is 0. The van der Waals surface area contributed by atoms with Gasteiger partial charge in [0.25, 0.3) is 0 Å². The number of hydrogen-bond donors (Lipinski definition) is 1. The highest BCUT2D eigenvalue weighted by molar-refractivity contribution is 5.88. The summed E-state index contributed by atoms with van der Waals surface area (Å²) in [6.45, 7) is 6.04. The Morgan fingerprint density at radius 3 is 3.06 bits per heavy atom. The third-order valence-corrected chi connectivity index (χ3v) is 2.85. The summed E-state index contributed by atoms with van der Waals surface area (Å²) in [6, 6.07) is 0. The van der Waals surface area contributed by atoms with E-state index >= 15 is 0 Å². The van der Waals surface area contributed by atoms with Gasteiger partial charge >= 0.3 is 5.97 Å². The number of ether oxygens (including phenoxy) is 2. The van der Waals surface area contributed by atoms with Crippen molar-refractivity contribution in [3.05, 3.63) is 11.8 Å². The van der Waals surface area contributed by atoms with Crippen LogP contribution in [-0.2, 0) is 14.3 Å². The Kier molecular flexibility index (Phi) is 5.32. The van der Waals surface area contributed by atoms with Crippen LogP contribution in [0.4, 0.5) is 0 Å². The second kappa shape index (κ2) is 6.53. The molecule has 1 rings (SSSR count). The molecule has 92 valence electrons. The SMILES string of the molecule is CCCNCC1CC(C(=O)OC)=COC1C. The number of esters is 1. The van der Waals surface area contributed by atoms with Crippen molar-refractivity contribution in [1.82, 2.24) is 5.32 Å². The summed E-state index contributed by atoms with van der Waals surface area (Å²) in [4.78, 5) is 11.4. The van der Waals surface area contributed by atoms with Crippen molar-refractivity contribution in [2.24, 2.45) is 5.92 Å². The number of carbonyl (C=O) groups excluding carboxylic acids is 1. The molecule has 1 aliphatic heterocycles. The molecular weight excluding hydrogens is 206 g/mol. The zero-order valence-corrected chi connectivity index (χ0v) is 10.3. The lowest BCUT2D eigenvalue weighted by Gasteiger charge is -2.28. The fourth-order valence-corrected chi connectivity index (χ4v) is 1.76. The molecule has 0 spiro atoms. The number of carbonyl (C=O) groups is 1. The molecule has 2 atom stereocenters. The molecule has 0 saturated carbocycles. The molecule has 16 heavy (non-hydrogen) atoms. The first-order chi connectivity index (χ1) is 7.69. The lowest BCUT2D eigenvalue weighted by molar-refractivity contribution is -0.137. The number of nitrogens with one attached hydrogen (secondary N) is 1. The molecule has 0 amide bonds. The van der Waals surface area contributed by atoms with Gasteiger partial charge in [-0.25, -0.2) is 4.79 Å². The summed E-state index contributed by atoms with van der Waals surface area (Å²) in [5.41, 5.74) is 0.629. The molecule has 4 heteroatoms. The second-order valence-electron chi connectivity index (χ2n) is 4.14. The average Bonchev–Trinajstić information content (AvgIpc) is 2.31. The molecule has 2 unspecified atom stereocenters. The van der Waals surface area contributed by atoms with Gasteiger partial charge in [0.15, 0.2) is 0 Å². The van der Waals surface area contributed by atoms with Gasteiger partial charge in [-0.05, 0) is 26.3 Å². The third-order valence-electron chi connectivity index (χ3n) is 2.85. The Balaban J connectivity index is 2.47. The molecular formula is C12H21NO3. The van der Waals surface area contributed by atoms with Gasteiger partial charge in [0.1, 0.15) is 0 Å². The number of methoxy groups -OCH3 is 1. The van der Waals surface area contributed by atoms with Crippen LogP contribution in [-0.4, -0.2) is 32.3 Å². The zero-order valence-electron chi connectivity index (χ0n) is 10.3. The fraction of sp³-hybridized carbons (Fsp3) is 0.750. The molecule has 0 radical (unpaired) electrons. The third kappa shape index (κ3) is 3.52. The molecule has 0 aromatic carbocycles. The average molecular weight is 227 g/mol. The summed E-state index contributed by atoms with van der Waals surface area (Å²) in [5.74, 6) is 0.0537. The standard InChI is InChI=1S/C12H21NO3/c1-4-5-13-7-10-6-11(12(14)15-3)8-16-9(10)2/h8-10,13H,4-7H2,1-3H3. The van der Waals surface area contributed by atoms with Crippen LogP contribution in [0.3, 0.4) is 0 Å². The minimum atomic E-state index is -0.285. The van der Waals surface area contributed by atoms with E-state index in [1.54, 1.807) is 0 Å². The van der Waals surface area contributed by atoms with Gasteiger partial charge in [-0.1, -0.05) is 6.92 Å². The maximum absolute atomic E-state index is 11.4. The van der Waals surface area contributed by atoms with E-state index in [2.05, 4.69) is 12.2 Å². The minimum Gasteiger partial charge on any atom is -0.497 e. The molecule has 0 saturated heterocycles. The van der Waals surface area contributed by atoms with E-state index in [4.69, 9.17) is 9.47 Å². The summed E-state index contributed by atoms with van der Waals surface area (Å²) in [6.07, 6.45) is 3.52. The van der Waals surface area contributed by atoms with Crippen LogP contribution in [0, 0.1) is 5.92 Å². The topological polar surface area (TPSA) is 47.6 Å². The molecule has 4 nitrogen and oxygen atoms in total. The highest BCUT2D eigenvalue weighted by atomic mass is 16.5. The van der Waals surface area contributed by atoms with Crippen LogP contribution in [0.25, 0.3) is 0 Å². The van der Waals surface area contributed by atoms with Crippen molar-refractivity contribution in [3.8, 4) is 0 Å². The Labute approximate surface area is 97.0 Å². The lowest BCUT2D eigenvalue weighted by Crippen LogP contribution is -2.34. The molecule has 1 N–H and O–H groups in total. The van der Waals surface area contributed by atoms with Gasteiger partial charge < -0.3 is 14.8 Å². The molecule has 0 fully saturated rings. The molecule has 1 heterocycles. The Morgan fingerprint density at radius 1 is 1.69 bits per heavy atom. The van der Waals surface area contributed by atoms with E-state index in [0.717, 1.165) is 25.9 Å². The molecule has 0 aromatic heterocycles. The van der Waals surface area contributed by atoms with Gasteiger partial charge in [-0.15, -0.1) is 0 Å². The maximum Gasteiger partial charge on any atom is 0.336 e. The predicted molar refractivity (Wildman–Crippen MR) is 61.9 cm³/mol. The predicted octanol–water partition coefficient (Wildman–Crippen LogP) is 1.47. The van der Waals surface area contributed by atoms with Crippen LogP contribution >= 0.6 is 0 Å². The Hall–Kier alpha value is -1.03. The van der Waals surface area contributed by atoms with E-state index in [9.17, 15) is 4.79 Å². The maximum atomic E-state index is 11.4. The lowest BCUT2D eigenvalue weighted by atomic mass is 9.93. The van der Waals surface area contributed by atoms with Crippen LogP contribution < -0.4 is 5.32 Å². The zero-order chi connectivity index (χ0) is 12.0. The highest BCUT2D eigenvalue weighted by Gasteiger charge is 2.27. The van der Waals surface area contributed by atoms with Crippen molar-refractivity contribution < 1.29 is 14.3 Å². The van der Waals surface area contributed by atoms with E-state index in [-0.39, 0.29) is 12.1 Å². The van der Waals surface area contributed by atoms with E-state index < -0.39 is 0 Å². The first-order valence-electron chi connectivity index (χ1n) is 5.82. The summed E-state index contributed by atoms with van der Waals surface area (Å²) < 4.78 is 10.1. The van der Waals surface area contributed by atoms with Crippen molar-refractivity contribution in [2.45, 2.75) is 32.8 Å². The van der Waals surface area contributed by atoms with Crippen LogP contribution in [0.1, 0.15) is 26.7 Å². The molecule has 1 aliphatic rings. The quantitative estimate of drug-likeness (QED) is 0.570. The van der Waals surface area contributed by atoms with Gasteiger partial charge in [0, 0.05) is 12.5 Å².